The molecule has 158 valence electrons. The molecule has 2 aromatic rings. The summed E-state index contributed by atoms with van der Waals surface area (Å²) in [7, 11) is 6.76. The Bertz CT molecular complexity index is 780. The van der Waals surface area contributed by atoms with Crippen LogP contribution in [0.25, 0.3) is 0 Å². The summed E-state index contributed by atoms with van der Waals surface area (Å²) in [4.78, 5) is 4.29. The standard InChI is InChI=1S/C22H31N3O4/c1-23-22(24-12-11-17-15-19(27-3)9-10-21(17)28-4)25-18-7-5-8-20(16-18)29-14-6-13-26-2/h5,7-10,15-16H,6,11-14H2,1-4H3,(H2,23,24,25). The van der Waals surface area contributed by atoms with Gasteiger partial charge < -0.3 is 29.6 Å². The fourth-order valence-electron chi connectivity index (χ4n) is 2.77. The second-order valence-electron chi connectivity index (χ2n) is 6.27. The van der Waals surface area contributed by atoms with Crippen LogP contribution in [0.4, 0.5) is 5.69 Å². The first kappa shape index (κ1) is 22.4. The number of ether oxygens (including phenoxy) is 4. The molecular formula is C22H31N3O4. The van der Waals surface area contributed by atoms with E-state index in [1.165, 1.54) is 0 Å². The summed E-state index contributed by atoms with van der Waals surface area (Å²) in [5, 5.41) is 6.61. The Morgan fingerprint density at radius 3 is 2.55 bits per heavy atom. The zero-order valence-corrected chi connectivity index (χ0v) is 17.7. The van der Waals surface area contributed by atoms with E-state index in [1.807, 2.05) is 42.5 Å². The molecule has 2 N–H and O–H groups in total. The lowest BCUT2D eigenvalue weighted by Crippen LogP contribution is -2.32. The van der Waals surface area contributed by atoms with Gasteiger partial charge in [0.25, 0.3) is 0 Å². The second-order valence-corrected chi connectivity index (χ2v) is 6.27. The highest BCUT2D eigenvalue weighted by atomic mass is 16.5. The van der Waals surface area contributed by atoms with Gasteiger partial charge in [0.05, 0.1) is 20.8 Å². The van der Waals surface area contributed by atoms with Crippen molar-refractivity contribution in [1.29, 1.82) is 0 Å². The average Bonchev–Trinajstić information content (AvgIpc) is 2.76. The lowest BCUT2D eigenvalue weighted by Gasteiger charge is -2.14. The first-order valence-corrected chi connectivity index (χ1v) is 9.60. The van der Waals surface area contributed by atoms with Gasteiger partial charge in [-0.1, -0.05) is 6.07 Å². The molecule has 29 heavy (non-hydrogen) atoms. The quantitative estimate of drug-likeness (QED) is 0.342. The Morgan fingerprint density at radius 2 is 1.83 bits per heavy atom. The van der Waals surface area contributed by atoms with Crippen LogP contribution in [0.2, 0.25) is 0 Å². The maximum absolute atomic E-state index is 5.74. The largest absolute Gasteiger partial charge is 0.497 e. The number of rotatable bonds is 11. The predicted octanol–water partition coefficient (Wildman–Crippen LogP) is 3.35. The number of benzene rings is 2. The fraction of sp³-hybridized carbons (Fsp3) is 0.409. The van der Waals surface area contributed by atoms with E-state index in [-0.39, 0.29) is 0 Å². The van der Waals surface area contributed by atoms with E-state index in [0.717, 1.165) is 41.3 Å². The highest BCUT2D eigenvalue weighted by molar-refractivity contribution is 5.93. The SMILES string of the molecule is CN=C(NCCc1cc(OC)ccc1OC)Nc1cccc(OCCCOC)c1. The van der Waals surface area contributed by atoms with E-state index in [2.05, 4.69) is 15.6 Å². The van der Waals surface area contributed by atoms with Gasteiger partial charge in [-0.2, -0.15) is 0 Å². The van der Waals surface area contributed by atoms with E-state index in [4.69, 9.17) is 18.9 Å². The van der Waals surface area contributed by atoms with Crippen LogP contribution in [-0.4, -0.2) is 54.1 Å². The van der Waals surface area contributed by atoms with Crippen LogP contribution in [0.15, 0.2) is 47.5 Å². The van der Waals surface area contributed by atoms with Gasteiger partial charge in [0.2, 0.25) is 0 Å². The molecule has 7 nitrogen and oxygen atoms in total. The molecule has 2 rings (SSSR count). The van der Waals surface area contributed by atoms with E-state index >= 15 is 0 Å². The summed E-state index contributed by atoms with van der Waals surface area (Å²) in [5.41, 5.74) is 1.97. The van der Waals surface area contributed by atoms with Gasteiger partial charge in [-0.15, -0.1) is 0 Å². The molecule has 2 aromatic carbocycles. The average molecular weight is 402 g/mol. The molecule has 0 saturated carbocycles. The molecule has 0 amide bonds. The minimum atomic E-state index is 0.618. The topological polar surface area (TPSA) is 73.3 Å². The Morgan fingerprint density at radius 1 is 0.966 bits per heavy atom. The van der Waals surface area contributed by atoms with Crippen molar-refractivity contribution >= 4 is 11.6 Å². The summed E-state index contributed by atoms with van der Waals surface area (Å²) < 4.78 is 21.5. The van der Waals surface area contributed by atoms with Crippen LogP contribution in [0.1, 0.15) is 12.0 Å². The van der Waals surface area contributed by atoms with E-state index in [0.29, 0.717) is 25.7 Å². The van der Waals surface area contributed by atoms with Crippen LogP contribution >= 0.6 is 0 Å². The molecule has 0 bridgehead atoms. The van der Waals surface area contributed by atoms with Crippen molar-refractivity contribution in [2.45, 2.75) is 12.8 Å². The number of methoxy groups -OCH3 is 3. The molecule has 0 spiro atoms. The maximum atomic E-state index is 5.74. The summed E-state index contributed by atoms with van der Waals surface area (Å²) in [6.07, 6.45) is 1.62. The van der Waals surface area contributed by atoms with Crippen molar-refractivity contribution in [1.82, 2.24) is 5.32 Å². The lowest BCUT2D eigenvalue weighted by molar-refractivity contribution is 0.172. The molecule has 0 unspecified atom stereocenters. The minimum absolute atomic E-state index is 0.618. The summed E-state index contributed by atoms with van der Waals surface area (Å²) in [6, 6.07) is 13.6. The third-order valence-electron chi connectivity index (χ3n) is 4.26. The van der Waals surface area contributed by atoms with E-state index in [9.17, 15) is 0 Å². The van der Waals surface area contributed by atoms with Crippen molar-refractivity contribution in [3.8, 4) is 17.2 Å². The molecule has 0 aliphatic carbocycles. The lowest BCUT2D eigenvalue weighted by atomic mass is 10.1. The van der Waals surface area contributed by atoms with Gasteiger partial charge in [-0.25, -0.2) is 0 Å². The number of hydrogen-bond acceptors (Lipinski definition) is 5. The fourth-order valence-corrected chi connectivity index (χ4v) is 2.77. The van der Waals surface area contributed by atoms with E-state index < -0.39 is 0 Å². The van der Waals surface area contributed by atoms with Gasteiger partial charge in [0.1, 0.15) is 17.2 Å². The molecule has 0 aliphatic rings. The highest BCUT2D eigenvalue weighted by Gasteiger charge is 2.06. The first-order chi connectivity index (χ1) is 14.2. The first-order valence-electron chi connectivity index (χ1n) is 9.60. The van der Waals surface area contributed by atoms with Gasteiger partial charge in [-0.3, -0.25) is 4.99 Å². The number of aliphatic imine (C=N–C) groups is 1. The molecule has 0 atom stereocenters. The molecule has 0 fully saturated rings. The molecule has 0 radical (unpaired) electrons. The van der Waals surface area contributed by atoms with Crippen LogP contribution in [-0.2, 0) is 11.2 Å². The minimum Gasteiger partial charge on any atom is -0.497 e. The third kappa shape index (κ3) is 7.54. The summed E-state index contributed by atoms with van der Waals surface area (Å²) in [6.45, 7) is 2.00. The maximum Gasteiger partial charge on any atom is 0.195 e. The summed E-state index contributed by atoms with van der Waals surface area (Å²) >= 11 is 0. The molecule has 0 aromatic heterocycles. The zero-order chi connectivity index (χ0) is 20.9. The van der Waals surface area contributed by atoms with Crippen LogP contribution < -0.4 is 24.8 Å². The number of hydrogen-bond donors (Lipinski definition) is 2. The molecule has 0 saturated heterocycles. The van der Waals surface area contributed by atoms with Crippen molar-refractivity contribution in [2.24, 2.45) is 4.99 Å². The molecule has 0 aliphatic heterocycles. The third-order valence-corrected chi connectivity index (χ3v) is 4.26. The van der Waals surface area contributed by atoms with Gasteiger partial charge in [0.15, 0.2) is 5.96 Å². The normalized spacial score (nSPS) is 11.1. The Balaban J connectivity index is 1.88. The monoisotopic (exact) mass is 401 g/mol. The van der Waals surface area contributed by atoms with Crippen LogP contribution in [0.5, 0.6) is 17.2 Å². The second kappa shape index (κ2) is 12.5. The van der Waals surface area contributed by atoms with Crippen molar-refractivity contribution in [2.75, 3.05) is 53.5 Å². The highest BCUT2D eigenvalue weighted by Crippen LogP contribution is 2.24. The zero-order valence-electron chi connectivity index (χ0n) is 17.7. The number of anilines is 1. The van der Waals surface area contributed by atoms with Crippen molar-refractivity contribution in [3.63, 3.8) is 0 Å². The van der Waals surface area contributed by atoms with Crippen LogP contribution in [0.3, 0.4) is 0 Å². The smallest absolute Gasteiger partial charge is 0.195 e. The molecular weight excluding hydrogens is 370 g/mol. The Hall–Kier alpha value is -2.93. The predicted molar refractivity (Wildman–Crippen MR) is 117 cm³/mol. The number of nitrogens with zero attached hydrogens (tertiary/aromatic N) is 1. The molecule has 0 heterocycles. The number of guanidine groups is 1. The van der Waals surface area contributed by atoms with Crippen LogP contribution in [0, 0.1) is 0 Å². The van der Waals surface area contributed by atoms with Gasteiger partial charge in [-0.05, 0) is 42.3 Å². The van der Waals surface area contributed by atoms with Gasteiger partial charge >= 0.3 is 0 Å². The summed E-state index contributed by atoms with van der Waals surface area (Å²) in [5.74, 6) is 3.14. The number of nitrogens with one attached hydrogen (secondary N) is 2. The van der Waals surface area contributed by atoms with Crippen molar-refractivity contribution < 1.29 is 18.9 Å². The Labute approximate surface area is 173 Å². The molecule has 7 heteroatoms. The van der Waals surface area contributed by atoms with Crippen molar-refractivity contribution in [3.05, 3.63) is 48.0 Å². The van der Waals surface area contributed by atoms with Gasteiger partial charge in [0, 0.05) is 45.5 Å². The Kier molecular flexibility index (Phi) is 9.65. The van der Waals surface area contributed by atoms with E-state index in [1.54, 1.807) is 28.4 Å².